The van der Waals surface area contributed by atoms with Gasteiger partial charge in [0.25, 0.3) is 0 Å². The number of aromatic nitrogens is 4. The van der Waals surface area contributed by atoms with Crippen LogP contribution in [0.15, 0.2) is 24.4 Å². The largest absolute Gasteiger partial charge is 0.253 e. The van der Waals surface area contributed by atoms with Crippen molar-refractivity contribution in [2.45, 2.75) is 33.2 Å². The maximum atomic E-state index is 4.42. The van der Waals surface area contributed by atoms with Crippen LogP contribution >= 0.6 is 0 Å². The zero-order valence-corrected chi connectivity index (χ0v) is 9.72. The topological polar surface area (TPSA) is 43.6 Å². The molecule has 0 aliphatic heterocycles. The van der Waals surface area contributed by atoms with E-state index in [9.17, 15) is 0 Å². The first-order valence-corrected chi connectivity index (χ1v) is 5.64. The zero-order chi connectivity index (χ0) is 11.4. The normalized spacial score (nSPS) is 10.6. The fourth-order valence-electron chi connectivity index (χ4n) is 1.60. The molecule has 0 unspecified atom stereocenters. The van der Waals surface area contributed by atoms with Crippen LogP contribution in [0.4, 0.5) is 0 Å². The molecule has 84 valence electrons. The molecule has 2 rings (SSSR count). The number of rotatable bonds is 4. The third-order valence-corrected chi connectivity index (χ3v) is 2.40. The fourth-order valence-corrected chi connectivity index (χ4v) is 1.60. The molecule has 2 aromatic rings. The van der Waals surface area contributed by atoms with Crippen LogP contribution < -0.4 is 0 Å². The van der Waals surface area contributed by atoms with E-state index in [4.69, 9.17) is 0 Å². The summed E-state index contributed by atoms with van der Waals surface area (Å²) in [7, 11) is 0. The van der Waals surface area contributed by atoms with Gasteiger partial charge in [-0.3, -0.25) is 4.98 Å². The minimum absolute atomic E-state index is 0.803. The SMILES string of the molecule is CCCCn1nc(C)nc1-c1ccccn1. The van der Waals surface area contributed by atoms with Crippen molar-refractivity contribution < 1.29 is 0 Å². The molecule has 0 atom stereocenters. The van der Waals surface area contributed by atoms with Crippen LogP contribution in [0.25, 0.3) is 11.5 Å². The van der Waals surface area contributed by atoms with E-state index in [1.165, 1.54) is 0 Å². The Morgan fingerprint density at radius 1 is 1.31 bits per heavy atom. The summed E-state index contributed by atoms with van der Waals surface area (Å²) in [6.45, 7) is 4.99. The van der Waals surface area contributed by atoms with Crippen molar-refractivity contribution in [3.05, 3.63) is 30.2 Å². The highest BCUT2D eigenvalue weighted by molar-refractivity contribution is 5.48. The first kappa shape index (κ1) is 10.8. The fraction of sp³-hybridized carbons (Fsp3) is 0.417. The lowest BCUT2D eigenvalue weighted by atomic mass is 10.3. The van der Waals surface area contributed by atoms with Gasteiger partial charge in [-0.25, -0.2) is 9.67 Å². The molecule has 2 heterocycles. The summed E-state index contributed by atoms with van der Waals surface area (Å²) >= 11 is 0. The van der Waals surface area contributed by atoms with Gasteiger partial charge in [0.15, 0.2) is 5.82 Å². The molecule has 0 aromatic carbocycles. The molecule has 4 heteroatoms. The summed E-state index contributed by atoms with van der Waals surface area (Å²) in [4.78, 5) is 8.73. The van der Waals surface area contributed by atoms with Gasteiger partial charge in [-0.2, -0.15) is 5.10 Å². The Bertz CT molecular complexity index is 447. The average molecular weight is 216 g/mol. The number of unbranched alkanes of at least 4 members (excludes halogenated alkanes) is 1. The first-order valence-electron chi connectivity index (χ1n) is 5.64. The average Bonchev–Trinajstić information content (AvgIpc) is 2.69. The van der Waals surface area contributed by atoms with Gasteiger partial charge in [0.1, 0.15) is 11.5 Å². The Balaban J connectivity index is 2.33. The van der Waals surface area contributed by atoms with Crippen LogP contribution in [0.3, 0.4) is 0 Å². The van der Waals surface area contributed by atoms with Gasteiger partial charge in [0.05, 0.1) is 0 Å². The lowest BCUT2D eigenvalue weighted by Gasteiger charge is -2.03. The smallest absolute Gasteiger partial charge is 0.177 e. The lowest BCUT2D eigenvalue weighted by Crippen LogP contribution is -2.03. The Labute approximate surface area is 95.4 Å². The molecular weight excluding hydrogens is 200 g/mol. The molecule has 4 nitrogen and oxygen atoms in total. The Morgan fingerprint density at radius 2 is 2.19 bits per heavy atom. The highest BCUT2D eigenvalue weighted by Crippen LogP contribution is 2.14. The van der Waals surface area contributed by atoms with Crippen LogP contribution in [0.5, 0.6) is 0 Å². The van der Waals surface area contributed by atoms with Gasteiger partial charge < -0.3 is 0 Å². The van der Waals surface area contributed by atoms with E-state index in [0.717, 1.165) is 36.7 Å². The molecule has 0 N–H and O–H groups in total. The molecule has 0 aliphatic carbocycles. The molecule has 0 radical (unpaired) electrons. The van der Waals surface area contributed by atoms with E-state index in [1.54, 1.807) is 6.20 Å². The van der Waals surface area contributed by atoms with Gasteiger partial charge in [0.2, 0.25) is 0 Å². The van der Waals surface area contributed by atoms with E-state index in [-0.39, 0.29) is 0 Å². The predicted molar refractivity (Wildman–Crippen MR) is 62.9 cm³/mol. The summed E-state index contributed by atoms with van der Waals surface area (Å²) in [5, 5.41) is 4.39. The standard InChI is InChI=1S/C12H16N4/c1-3-4-9-16-12(14-10(2)15-16)11-7-5-6-8-13-11/h5-8H,3-4,9H2,1-2H3. The maximum Gasteiger partial charge on any atom is 0.177 e. The summed E-state index contributed by atoms with van der Waals surface area (Å²) in [5.74, 6) is 1.67. The molecule has 0 fully saturated rings. The quantitative estimate of drug-likeness (QED) is 0.788. The summed E-state index contributed by atoms with van der Waals surface area (Å²) in [6.07, 6.45) is 4.05. The minimum atomic E-state index is 0.803. The third-order valence-electron chi connectivity index (χ3n) is 2.40. The van der Waals surface area contributed by atoms with Crippen molar-refractivity contribution in [2.24, 2.45) is 0 Å². The lowest BCUT2D eigenvalue weighted by molar-refractivity contribution is 0.572. The molecule has 0 amide bonds. The molecule has 16 heavy (non-hydrogen) atoms. The molecular formula is C12H16N4. The van der Waals surface area contributed by atoms with Crippen molar-refractivity contribution in [3.63, 3.8) is 0 Å². The van der Waals surface area contributed by atoms with Crippen molar-refractivity contribution in [2.75, 3.05) is 0 Å². The number of nitrogens with zero attached hydrogens (tertiary/aromatic N) is 4. The Morgan fingerprint density at radius 3 is 2.88 bits per heavy atom. The van der Waals surface area contributed by atoms with Crippen LogP contribution in [-0.2, 0) is 6.54 Å². The second-order valence-corrected chi connectivity index (χ2v) is 3.77. The van der Waals surface area contributed by atoms with E-state index in [1.807, 2.05) is 29.8 Å². The van der Waals surface area contributed by atoms with Gasteiger partial charge >= 0.3 is 0 Å². The zero-order valence-electron chi connectivity index (χ0n) is 9.72. The van der Waals surface area contributed by atoms with Gasteiger partial charge in [0, 0.05) is 12.7 Å². The minimum Gasteiger partial charge on any atom is -0.253 e. The number of aryl methyl sites for hydroxylation is 2. The second kappa shape index (κ2) is 4.88. The predicted octanol–water partition coefficient (Wildman–Crippen LogP) is 2.45. The summed E-state index contributed by atoms with van der Waals surface area (Å²) < 4.78 is 1.95. The van der Waals surface area contributed by atoms with Crippen molar-refractivity contribution >= 4 is 0 Å². The van der Waals surface area contributed by atoms with Gasteiger partial charge in [-0.1, -0.05) is 19.4 Å². The van der Waals surface area contributed by atoms with Crippen LogP contribution in [0, 0.1) is 6.92 Å². The third kappa shape index (κ3) is 2.27. The van der Waals surface area contributed by atoms with E-state index < -0.39 is 0 Å². The molecule has 0 aliphatic rings. The van der Waals surface area contributed by atoms with Gasteiger partial charge in [-0.05, 0) is 25.5 Å². The Kier molecular flexibility index (Phi) is 3.29. The van der Waals surface area contributed by atoms with Crippen LogP contribution in [0.1, 0.15) is 25.6 Å². The van der Waals surface area contributed by atoms with E-state index in [2.05, 4.69) is 22.0 Å². The Hall–Kier alpha value is -1.71. The van der Waals surface area contributed by atoms with Gasteiger partial charge in [-0.15, -0.1) is 0 Å². The van der Waals surface area contributed by atoms with Crippen LogP contribution in [-0.4, -0.2) is 19.7 Å². The molecule has 0 saturated heterocycles. The molecule has 0 spiro atoms. The molecule has 0 saturated carbocycles. The first-order chi connectivity index (χ1) is 7.81. The number of pyridine rings is 1. The van der Waals surface area contributed by atoms with Crippen LogP contribution in [0.2, 0.25) is 0 Å². The summed E-state index contributed by atoms with van der Waals surface area (Å²) in [6, 6.07) is 5.84. The van der Waals surface area contributed by atoms with Crippen molar-refractivity contribution in [3.8, 4) is 11.5 Å². The van der Waals surface area contributed by atoms with Crippen molar-refractivity contribution in [1.82, 2.24) is 19.7 Å². The maximum absolute atomic E-state index is 4.42. The van der Waals surface area contributed by atoms with E-state index in [0.29, 0.717) is 0 Å². The second-order valence-electron chi connectivity index (χ2n) is 3.77. The monoisotopic (exact) mass is 216 g/mol. The highest BCUT2D eigenvalue weighted by Gasteiger charge is 2.09. The summed E-state index contributed by atoms with van der Waals surface area (Å²) in [5.41, 5.74) is 0.888. The number of hydrogen-bond donors (Lipinski definition) is 0. The van der Waals surface area contributed by atoms with E-state index >= 15 is 0 Å². The highest BCUT2D eigenvalue weighted by atomic mass is 15.3. The molecule has 2 aromatic heterocycles. The molecule has 0 bridgehead atoms. The van der Waals surface area contributed by atoms with Crippen molar-refractivity contribution in [1.29, 1.82) is 0 Å². The number of hydrogen-bond acceptors (Lipinski definition) is 3.